The fourth-order valence-corrected chi connectivity index (χ4v) is 0.677. The van der Waals surface area contributed by atoms with E-state index in [1.807, 2.05) is 0 Å². The summed E-state index contributed by atoms with van der Waals surface area (Å²) in [5, 5.41) is 17.0. The molecule has 0 aliphatic heterocycles. The molecule has 1 aromatic carbocycles. The van der Waals surface area contributed by atoms with Gasteiger partial charge in [0.15, 0.2) is 0 Å². The molecule has 4 N–H and O–H groups in total. The summed E-state index contributed by atoms with van der Waals surface area (Å²) in [5.74, 6) is -1.09. The molecule has 0 unspecified atom stereocenters. The fourth-order valence-electron chi connectivity index (χ4n) is 0.677. The summed E-state index contributed by atoms with van der Waals surface area (Å²) in [7, 11) is 0. The predicted octanol–water partition coefficient (Wildman–Crippen LogP) is 1.09. The number of nitrogens with one attached hydrogen (secondary N) is 2. The number of hydrogen-bond acceptors (Lipinski definition) is 4. The van der Waals surface area contributed by atoms with E-state index in [2.05, 4.69) is 0 Å². The van der Waals surface area contributed by atoms with Crippen LogP contribution in [0.25, 0.3) is 5.73 Å². The Hall–Kier alpha value is -0.976. The Morgan fingerprint density at radius 3 is 1.94 bits per heavy atom. The number of carbonyl (C=O) groups excluding carboxylic acids is 2. The summed E-state index contributed by atoms with van der Waals surface area (Å²) in [6.45, 7) is 1.19. The van der Waals surface area contributed by atoms with Crippen molar-refractivity contribution < 1.29 is 52.6 Å². The number of rotatable bonds is 1. The molecule has 6 nitrogen and oxygen atoms in total. The number of phenols is 1. The Morgan fingerprint density at radius 2 is 1.62 bits per heavy atom. The zero-order valence-corrected chi connectivity index (χ0v) is 11.4. The van der Waals surface area contributed by atoms with Crippen LogP contribution in [0.15, 0.2) is 24.3 Å². The molecule has 1 radical (unpaired) electrons. The summed E-state index contributed by atoms with van der Waals surface area (Å²) in [6.07, 6.45) is 0. The van der Waals surface area contributed by atoms with Gasteiger partial charge in [0.2, 0.25) is 0 Å². The molecular formula is C9H11N2O4Y-. The number of hydroxylamine groups is 1. The van der Waals surface area contributed by atoms with Gasteiger partial charge in [-0.25, -0.2) is 5.48 Å². The molecule has 85 valence electrons. The zero-order valence-electron chi connectivity index (χ0n) is 8.60. The largest absolute Gasteiger partial charge is 0.668 e. The van der Waals surface area contributed by atoms with E-state index in [1.54, 1.807) is 0 Å². The van der Waals surface area contributed by atoms with Crippen molar-refractivity contribution in [3.63, 3.8) is 0 Å². The van der Waals surface area contributed by atoms with E-state index in [1.165, 1.54) is 36.7 Å². The third-order valence-electron chi connectivity index (χ3n) is 1.23. The smallest absolute Gasteiger partial charge is 0.274 e. The molecule has 0 saturated carbocycles. The summed E-state index contributed by atoms with van der Waals surface area (Å²) in [5.41, 5.74) is 7.72. The number of benzene rings is 1. The van der Waals surface area contributed by atoms with Crippen molar-refractivity contribution in [1.29, 1.82) is 0 Å². The number of aromatic hydroxyl groups is 1. The van der Waals surface area contributed by atoms with E-state index in [4.69, 9.17) is 20.8 Å². The molecule has 0 heterocycles. The minimum atomic E-state index is -0.593. The topological polar surface area (TPSA) is 110 Å². The van der Waals surface area contributed by atoms with Gasteiger partial charge in [0.05, 0.1) is 0 Å². The van der Waals surface area contributed by atoms with Crippen molar-refractivity contribution in [2.75, 3.05) is 0 Å². The van der Waals surface area contributed by atoms with E-state index in [0.29, 0.717) is 5.56 Å². The number of amides is 2. The van der Waals surface area contributed by atoms with E-state index in [0.717, 1.165) is 0 Å². The standard InChI is InChI=1S/C7H7NO3.C2H5NO.Y/c9-6-3-1-5(2-4-6)7(10)8-11;1-2(3)4;/h1-4,9,11H,(H,8,10);1H3,(H2,3,4);/p-1. The molecule has 0 aliphatic rings. The fraction of sp³-hybridized carbons (Fsp3) is 0.111. The van der Waals surface area contributed by atoms with Gasteiger partial charge >= 0.3 is 0 Å². The zero-order chi connectivity index (χ0) is 11.8. The van der Waals surface area contributed by atoms with Crippen LogP contribution in [0.1, 0.15) is 17.3 Å². The third kappa shape index (κ3) is 8.34. The average Bonchev–Trinajstić information content (AvgIpc) is 2.17. The van der Waals surface area contributed by atoms with Gasteiger partial charge in [0, 0.05) is 44.2 Å². The van der Waals surface area contributed by atoms with E-state index >= 15 is 0 Å². The first kappa shape index (κ1) is 17.4. The SMILES string of the molecule is CC([NH-])=O.O=C(NO)c1ccc(O)cc1.[Y]. The van der Waals surface area contributed by atoms with Crippen LogP contribution in [0.2, 0.25) is 0 Å². The molecule has 16 heavy (non-hydrogen) atoms. The monoisotopic (exact) mass is 300 g/mol. The molecule has 0 fully saturated rings. The van der Waals surface area contributed by atoms with Crippen LogP contribution in [0.3, 0.4) is 0 Å². The first-order valence-electron chi connectivity index (χ1n) is 3.93. The Morgan fingerprint density at radius 1 is 1.25 bits per heavy atom. The molecule has 0 saturated heterocycles. The minimum absolute atomic E-state index is 0. The molecule has 1 rings (SSSR count). The van der Waals surface area contributed by atoms with Gasteiger partial charge in [-0.1, -0.05) is 0 Å². The molecule has 0 atom stereocenters. The van der Waals surface area contributed by atoms with Crippen molar-refractivity contribution >= 4 is 11.8 Å². The average molecular weight is 300 g/mol. The van der Waals surface area contributed by atoms with E-state index < -0.39 is 11.8 Å². The number of hydrogen-bond donors (Lipinski definition) is 3. The number of carbonyl (C=O) groups is 2. The van der Waals surface area contributed by atoms with Crippen LogP contribution in [0.4, 0.5) is 0 Å². The van der Waals surface area contributed by atoms with Gasteiger partial charge in [0.25, 0.3) is 5.91 Å². The molecular weight excluding hydrogens is 289 g/mol. The maximum atomic E-state index is 10.7. The Balaban J connectivity index is 0. The molecule has 0 bridgehead atoms. The maximum absolute atomic E-state index is 10.7. The second kappa shape index (κ2) is 9.26. The van der Waals surface area contributed by atoms with Gasteiger partial charge in [-0.3, -0.25) is 10.0 Å². The van der Waals surface area contributed by atoms with Crippen molar-refractivity contribution in [2.45, 2.75) is 6.92 Å². The van der Waals surface area contributed by atoms with Crippen LogP contribution in [-0.4, -0.2) is 22.1 Å². The first-order chi connectivity index (χ1) is 6.97. The second-order valence-electron chi connectivity index (χ2n) is 2.54. The van der Waals surface area contributed by atoms with Crippen LogP contribution in [0, 0.1) is 0 Å². The predicted molar refractivity (Wildman–Crippen MR) is 52.4 cm³/mol. The molecule has 7 heteroatoms. The van der Waals surface area contributed by atoms with Crippen molar-refractivity contribution in [1.82, 2.24) is 5.48 Å². The van der Waals surface area contributed by atoms with E-state index in [9.17, 15) is 4.79 Å². The quantitative estimate of drug-likeness (QED) is 0.532. The van der Waals surface area contributed by atoms with Gasteiger partial charge in [-0.2, -0.15) is 0 Å². The summed E-state index contributed by atoms with van der Waals surface area (Å²) < 4.78 is 0. The van der Waals surface area contributed by atoms with Crippen LogP contribution >= 0.6 is 0 Å². The van der Waals surface area contributed by atoms with Gasteiger partial charge in [-0.05, 0) is 31.2 Å². The second-order valence-corrected chi connectivity index (χ2v) is 2.54. The minimum Gasteiger partial charge on any atom is -0.668 e. The summed E-state index contributed by atoms with van der Waals surface area (Å²) in [4.78, 5) is 19.8. The maximum Gasteiger partial charge on any atom is 0.274 e. The summed E-state index contributed by atoms with van der Waals surface area (Å²) in [6, 6.07) is 5.54. The Kier molecular flexibility index (Phi) is 10.1. The van der Waals surface area contributed by atoms with Crippen LogP contribution < -0.4 is 5.48 Å². The normalized spacial score (nSPS) is 7.88. The molecule has 1 aromatic rings. The van der Waals surface area contributed by atoms with Crippen LogP contribution in [0.5, 0.6) is 5.75 Å². The van der Waals surface area contributed by atoms with Crippen LogP contribution in [-0.2, 0) is 37.5 Å². The molecule has 2 amide bonds. The molecule has 0 aromatic heterocycles. The van der Waals surface area contributed by atoms with Gasteiger partial charge < -0.3 is 15.6 Å². The van der Waals surface area contributed by atoms with Crippen molar-refractivity contribution in [3.05, 3.63) is 35.6 Å². The van der Waals surface area contributed by atoms with E-state index in [-0.39, 0.29) is 38.5 Å². The van der Waals surface area contributed by atoms with Gasteiger partial charge in [-0.15, -0.1) is 0 Å². The Labute approximate surface area is 118 Å². The van der Waals surface area contributed by atoms with Gasteiger partial charge in [0.1, 0.15) is 5.75 Å². The van der Waals surface area contributed by atoms with Crippen molar-refractivity contribution in [3.8, 4) is 5.75 Å². The third-order valence-corrected chi connectivity index (χ3v) is 1.23. The molecule has 0 aliphatic carbocycles. The first-order valence-corrected chi connectivity index (χ1v) is 3.93. The summed E-state index contributed by atoms with van der Waals surface area (Å²) >= 11 is 0. The number of phenolic OH excluding ortho intramolecular Hbond substituents is 1. The van der Waals surface area contributed by atoms with Crippen molar-refractivity contribution in [2.24, 2.45) is 0 Å². The Bertz CT molecular complexity index is 336. The molecule has 0 spiro atoms.